The van der Waals surface area contributed by atoms with E-state index in [0.29, 0.717) is 5.13 Å². The standard InChI is InChI=1S/C16H20N4O2S/c1-11-5-6-13(14(21)17-11)15(22)19-16-18-12(10-23-16)9-20-7-3-2-4-8-20/h5-6,10H,2-4,7-9H2,1H3,(H,17,21)(H,18,19,22). The number of amides is 1. The number of carbonyl (C=O) groups is 1. The summed E-state index contributed by atoms with van der Waals surface area (Å²) in [6.07, 6.45) is 3.79. The van der Waals surface area contributed by atoms with Crippen molar-refractivity contribution in [3.05, 3.63) is 44.8 Å². The Labute approximate surface area is 138 Å². The first-order chi connectivity index (χ1) is 11.1. The lowest BCUT2D eigenvalue weighted by atomic mass is 10.1. The lowest BCUT2D eigenvalue weighted by Gasteiger charge is -2.25. The van der Waals surface area contributed by atoms with Gasteiger partial charge in [0.2, 0.25) is 0 Å². The average molecular weight is 332 g/mol. The molecule has 0 spiro atoms. The van der Waals surface area contributed by atoms with E-state index in [1.165, 1.54) is 36.7 Å². The average Bonchev–Trinajstić information content (AvgIpc) is 2.95. The molecule has 1 saturated heterocycles. The normalized spacial score (nSPS) is 15.5. The summed E-state index contributed by atoms with van der Waals surface area (Å²) < 4.78 is 0. The van der Waals surface area contributed by atoms with Crippen LogP contribution in [0.4, 0.5) is 5.13 Å². The van der Waals surface area contributed by atoms with Gasteiger partial charge in [0.15, 0.2) is 5.13 Å². The number of carbonyl (C=O) groups excluding carboxylic acids is 1. The van der Waals surface area contributed by atoms with E-state index in [2.05, 4.69) is 20.2 Å². The highest BCUT2D eigenvalue weighted by Gasteiger charge is 2.15. The molecule has 1 aliphatic heterocycles. The number of nitrogens with one attached hydrogen (secondary N) is 2. The third-order valence-electron chi connectivity index (χ3n) is 3.91. The van der Waals surface area contributed by atoms with Crippen LogP contribution in [0.25, 0.3) is 0 Å². The largest absolute Gasteiger partial charge is 0.326 e. The minimum atomic E-state index is -0.426. The number of rotatable bonds is 4. The fourth-order valence-corrected chi connectivity index (χ4v) is 3.40. The second kappa shape index (κ2) is 7.06. The van der Waals surface area contributed by atoms with Gasteiger partial charge in [-0.1, -0.05) is 6.42 Å². The first kappa shape index (κ1) is 15.9. The Kier molecular flexibility index (Phi) is 4.88. The molecular weight excluding hydrogens is 312 g/mol. The fraction of sp³-hybridized carbons (Fsp3) is 0.438. The van der Waals surface area contributed by atoms with Gasteiger partial charge in [0.25, 0.3) is 11.5 Å². The van der Waals surface area contributed by atoms with Crippen molar-refractivity contribution in [1.29, 1.82) is 0 Å². The SMILES string of the molecule is Cc1ccc(C(=O)Nc2nc(CN3CCCCC3)cs2)c(=O)[nH]1. The Hall–Kier alpha value is -1.99. The lowest BCUT2D eigenvalue weighted by molar-refractivity contribution is 0.102. The molecule has 3 heterocycles. The van der Waals surface area contributed by atoms with E-state index in [-0.39, 0.29) is 11.1 Å². The molecular formula is C16H20N4O2S. The molecule has 1 fully saturated rings. The van der Waals surface area contributed by atoms with Crippen LogP contribution in [-0.4, -0.2) is 33.9 Å². The number of nitrogens with zero attached hydrogens (tertiary/aromatic N) is 2. The van der Waals surface area contributed by atoms with Gasteiger partial charge >= 0.3 is 0 Å². The third kappa shape index (κ3) is 4.05. The van der Waals surface area contributed by atoms with E-state index in [4.69, 9.17) is 0 Å². The van der Waals surface area contributed by atoms with Crippen molar-refractivity contribution in [3.8, 4) is 0 Å². The second-order valence-electron chi connectivity index (χ2n) is 5.82. The van der Waals surface area contributed by atoms with Crippen molar-refractivity contribution in [1.82, 2.24) is 14.9 Å². The van der Waals surface area contributed by atoms with Crippen LogP contribution < -0.4 is 10.9 Å². The minimum Gasteiger partial charge on any atom is -0.326 e. The van der Waals surface area contributed by atoms with Crippen LogP contribution >= 0.6 is 11.3 Å². The number of pyridine rings is 1. The predicted octanol–water partition coefficient (Wildman–Crippen LogP) is 2.38. The minimum absolute atomic E-state index is 0.100. The molecule has 0 saturated carbocycles. The summed E-state index contributed by atoms with van der Waals surface area (Å²) in [5, 5.41) is 5.20. The van der Waals surface area contributed by atoms with Gasteiger partial charge in [0.05, 0.1) is 5.69 Å². The first-order valence-electron chi connectivity index (χ1n) is 7.80. The Morgan fingerprint density at radius 2 is 2.13 bits per heavy atom. The van der Waals surface area contributed by atoms with Crippen LogP contribution in [0.1, 0.15) is 41.0 Å². The summed E-state index contributed by atoms with van der Waals surface area (Å²) in [4.78, 5) is 33.4. The Morgan fingerprint density at radius 3 is 2.87 bits per heavy atom. The van der Waals surface area contributed by atoms with Gasteiger partial charge in [-0.3, -0.25) is 19.8 Å². The fourth-order valence-electron chi connectivity index (χ4n) is 2.70. The van der Waals surface area contributed by atoms with E-state index >= 15 is 0 Å². The van der Waals surface area contributed by atoms with Gasteiger partial charge in [-0.25, -0.2) is 4.98 Å². The van der Waals surface area contributed by atoms with Crippen LogP contribution in [0.5, 0.6) is 0 Å². The van der Waals surface area contributed by atoms with Gasteiger partial charge < -0.3 is 4.98 Å². The maximum absolute atomic E-state index is 12.2. The molecule has 0 bridgehead atoms. The van der Waals surface area contributed by atoms with Crippen molar-refractivity contribution in [3.63, 3.8) is 0 Å². The van der Waals surface area contributed by atoms with Gasteiger partial charge in [-0.2, -0.15) is 0 Å². The molecule has 0 aromatic carbocycles. The van der Waals surface area contributed by atoms with Crippen molar-refractivity contribution >= 4 is 22.4 Å². The zero-order valence-corrected chi connectivity index (χ0v) is 13.9. The highest BCUT2D eigenvalue weighted by atomic mass is 32.1. The highest BCUT2D eigenvalue weighted by Crippen LogP contribution is 2.19. The van der Waals surface area contributed by atoms with E-state index in [1.54, 1.807) is 13.0 Å². The Morgan fingerprint density at radius 1 is 1.35 bits per heavy atom. The topological polar surface area (TPSA) is 78.1 Å². The molecule has 7 heteroatoms. The number of aryl methyl sites for hydroxylation is 1. The van der Waals surface area contributed by atoms with Crippen LogP contribution in [-0.2, 0) is 6.54 Å². The molecule has 3 rings (SSSR count). The molecule has 0 aliphatic carbocycles. The van der Waals surface area contributed by atoms with Crippen LogP contribution in [0.15, 0.2) is 22.3 Å². The number of anilines is 1. The molecule has 6 nitrogen and oxygen atoms in total. The quantitative estimate of drug-likeness (QED) is 0.901. The molecule has 0 atom stereocenters. The number of hydrogen-bond acceptors (Lipinski definition) is 5. The summed E-state index contributed by atoms with van der Waals surface area (Å²) in [5.74, 6) is -0.426. The maximum Gasteiger partial charge on any atom is 0.263 e. The summed E-state index contributed by atoms with van der Waals surface area (Å²) in [6, 6.07) is 3.24. The predicted molar refractivity (Wildman–Crippen MR) is 91.0 cm³/mol. The van der Waals surface area contributed by atoms with Crippen molar-refractivity contribution in [2.45, 2.75) is 32.7 Å². The Bertz CT molecular complexity index is 747. The number of H-pyrrole nitrogens is 1. The number of aromatic amines is 1. The summed E-state index contributed by atoms with van der Waals surface area (Å²) >= 11 is 1.39. The summed E-state index contributed by atoms with van der Waals surface area (Å²) in [5.41, 5.74) is 1.41. The van der Waals surface area contributed by atoms with E-state index in [1.807, 2.05) is 5.38 Å². The molecule has 0 unspecified atom stereocenters. The summed E-state index contributed by atoms with van der Waals surface area (Å²) in [6.45, 7) is 4.81. The number of hydrogen-bond donors (Lipinski definition) is 2. The van der Waals surface area contributed by atoms with Crippen LogP contribution in [0.2, 0.25) is 0 Å². The van der Waals surface area contributed by atoms with E-state index in [9.17, 15) is 9.59 Å². The van der Waals surface area contributed by atoms with Crippen molar-refractivity contribution in [2.24, 2.45) is 0 Å². The molecule has 2 N–H and O–H groups in total. The maximum atomic E-state index is 12.2. The van der Waals surface area contributed by atoms with Crippen LogP contribution in [0, 0.1) is 6.92 Å². The number of piperidine rings is 1. The molecule has 23 heavy (non-hydrogen) atoms. The Balaban J connectivity index is 1.64. The highest BCUT2D eigenvalue weighted by molar-refractivity contribution is 7.13. The molecule has 2 aromatic heterocycles. The van der Waals surface area contributed by atoms with Gasteiger partial charge in [0, 0.05) is 17.6 Å². The van der Waals surface area contributed by atoms with Crippen LogP contribution in [0.3, 0.4) is 0 Å². The molecule has 122 valence electrons. The van der Waals surface area contributed by atoms with Crippen molar-refractivity contribution in [2.75, 3.05) is 18.4 Å². The zero-order valence-electron chi connectivity index (χ0n) is 13.1. The van der Waals surface area contributed by atoms with Gasteiger partial charge in [-0.15, -0.1) is 11.3 Å². The monoisotopic (exact) mass is 332 g/mol. The zero-order chi connectivity index (χ0) is 16.2. The summed E-state index contributed by atoms with van der Waals surface area (Å²) in [7, 11) is 0. The number of likely N-dealkylation sites (tertiary alicyclic amines) is 1. The van der Waals surface area contributed by atoms with Crippen molar-refractivity contribution < 1.29 is 4.79 Å². The first-order valence-corrected chi connectivity index (χ1v) is 8.68. The van der Waals surface area contributed by atoms with Gasteiger partial charge in [0.1, 0.15) is 5.56 Å². The second-order valence-corrected chi connectivity index (χ2v) is 6.68. The molecule has 1 amide bonds. The third-order valence-corrected chi connectivity index (χ3v) is 4.71. The smallest absolute Gasteiger partial charge is 0.263 e. The number of thiazole rings is 1. The molecule has 2 aromatic rings. The molecule has 0 radical (unpaired) electrons. The lowest BCUT2D eigenvalue weighted by Crippen LogP contribution is -2.29. The van der Waals surface area contributed by atoms with E-state index < -0.39 is 5.91 Å². The molecule has 1 aliphatic rings. The number of aromatic nitrogens is 2. The van der Waals surface area contributed by atoms with E-state index in [0.717, 1.165) is 31.0 Å². The van der Waals surface area contributed by atoms with Gasteiger partial charge in [-0.05, 0) is 45.0 Å².